The number of benzene rings is 1. The smallest absolute Gasteiger partial charge is 0.261 e. The first-order valence-corrected chi connectivity index (χ1v) is 7.56. The largest absolute Gasteiger partial charge is 0.496 e. The number of nitrogens with one attached hydrogen (secondary N) is 1. The number of methoxy groups -OCH3 is 2. The molecule has 0 fully saturated rings. The maximum Gasteiger partial charge on any atom is 0.261 e. The molecule has 1 N–H and O–H groups in total. The van der Waals surface area contributed by atoms with Crippen molar-refractivity contribution >= 4 is 25.6 Å². The van der Waals surface area contributed by atoms with Crippen molar-refractivity contribution in [3.05, 3.63) is 23.8 Å². The minimum atomic E-state index is -3.82. The summed E-state index contributed by atoms with van der Waals surface area (Å²) in [6, 6.07) is 4.17. The molecule has 0 spiro atoms. The van der Waals surface area contributed by atoms with Crippen molar-refractivity contribution in [1.82, 2.24) is 5.32 Å². The molecule has 0 saturated heterocycles. The van der Waals surface area contributed by atoms with Gasteiger partial charge in [0.25, 0.3) is 9.05 Å². The third-order valence-electron chi connectivity index (χ3n) is 2.28. The summed E-state index contributed by atoms with van der Waals surface area (Å²) < 4.78 is 32.2. The lowest BCUT2D eigenvalue weighted by Crippen LogP contribution is -2.26. The summed E-state index contributed by atoms with van der Waals surface area (Å²) in [4.78, 5) is 11.2. The van der Waals surface area contributed by atoms with Crippen molar-refractivity contribution in [3.63, 3.8) is 0 Å². The lowest BCUT2D eigenvalue weighted by atomic mass is 10.2. The van der Waals surface area contributed by atoms with E-state index in [1.54, 1.807) is 0 Å². The Morgan fingerprint density at radius 3 is 2.58 bits per heavy atom. The molecule has 1 aromatic rings. The van der Waals surface area contributed by atoms with Crippen molar-refractivity contribution in [2.45, 2.75) is 11.4 Å². The van der Waals surface area contributed by atoms with E-state index in [9.17, 15) is 13.2 Å². The van der Waals surface area contributed by atoms with E-state index in [-0.39, 0.29) is 24.0 Å². The lowest BCUT2D eigenvalue weighted by Gasteiger charge is -2.10. The Kier molecular flexibility index (Phi) is 5.59. The van der Waals surface area contributed by atoms with Crippen LogP contribution in [0.1, 0.15) is 5.56 Å². The minimum absolute atomic E-state index is 0.0500. The fraction of sp³-hybridized carbons (Fsp3) is 0.364. The quantitative estimate of drug-likeness (QED) is 0.789. The summed E-state index contributed by atoms with van der Waals surface area (Å²) in [5.41, 5.74) is 0.508. The molecule has 0 aliphatic heterocycles. The van der Waals surface area contributed by atoms with E-state index >= 15 is 0 Å². The van der Waals surface area contributed by atoms with E-state index in [1.807, 2.05) is 0 Å². The molecule has 0 saturated carbocycles. The summed E-state index contributed by atoms with van der Waals surface area (Å²) in [6.45, 7) is 0.0431. The molecule has 1 rings (SSSR count). The van der Waals surface area contributed by atoms with E-state index in [1.165, 1.54) is 32.4 Å². The molecule has 0 aliphatic carbocycles. The zero-order valence-electron chi connectivity index (χ0n) is 10.5. The van der Waals surface area contributed by atoms with Crippen molar-refractivity contribution in [1.29, 1.82) is 0 Å². The highest BCUT2D eigenvalue weighted by Crippen LogP contribution is 2.24. The molecule has 0 unspecified atom stereocenters. The van der Waals surface area contributed by atoms with Crippen LogP contribution in [-0.4, -0.2) is 35.2 Å². The van der Waals surface area contributed by atoms with E-state index in [2.05, 4.69) is 10.1 Å². The highest BCUT2D eigenvalue weighted by atomic mass is 35.7. The summed E-state index contributed by atoms with van der Waals surface area (Å²) in [6.07, 6.45) is 0. The molecule has 0 radical (unpaired) electrons. The van der Waals surface area contributed by atoms with Gasteiger partial charge in [-0.1, -0.05) is 0 Å². The molecular formula is C11H14ClNO5S. The van der Waals surface area contributed by atoms with Crippen molar-refractivity contribution < 1.29 is 22.7 Å². The number of carbonyl (C=O) groups is 1. The standard InChI is InChI=1S/C11H14ClNO5S/c1-17-7-11(14)13-6-8-5-9(19(12,15)16)3-4-10(8)18-2/h3-5H,6-7H2,1-2H3,(H,13,14). The molecule has 19 heavy (non-hydrogen) atoms. The van der Waals surface area contributed by atoms with Gasteiger partial charge in [0.15, 0.2) is 0 Å². The fourth-order valence-corrected chi connectivity index (χ4v) is 2.22. The predicted molar refractivity (Wildman–Crippen MR) is 69.8 cm³/mol. The Hall–Kier alpha value is -1.31. The molecule has 0 aromatic heterocycles. The van der Waals surface area contributed by atoms with Gasteiger partial charge in [-0.25, -0.2) is 8.42 Å². The molecule has 0 aliphatic rings. The van der Waals surface area contributed by atoms with Crippen LogP contribution in [0.4, 0.5) is 0 Å². The second-order valence-corrected chi connectivity index (χ2v) is 6.19. The van der Waals surface area contributed by atoms with Gasteiger partial charge in [0, 0.05) is 29.9 Å². The first-order chi connectivity index (χ1) is 8.88. The number of amides is 1. The topological polar surface area (TPSA) is 81.7 Å². The summed E-state index contributed by atoms with van der Waals surface area (Å²) in [5, 5.41) is 2.57. The predicted octanol–water partition coefficient (Wildman–Crippen LogP) is 0.885. The summed E-state index contributed by atoms with van der Waals surface area (Å²) in [5.74, 6) is 0.144. The van der Waals surface area contributed by atoms with Crippen molar-refractivity contribution in [3.8, 4) is 5.75 Å². The fourth-order valence-electron chi connectivity index (χ4n) is 1.42. The lowest BCUT2D eigenvalue weighted by molar-refractivity contribution is -0.124. The first kappa shape index (κ1) is 15.7. The maximum absolute atomic E-state index is 11.3. The molecule has 1 amide bonds. The maximum atomic E-state index is 11.3. The van der Waals surface area contributed by atoms with Gasteiger partial charge in [-0.3, -0.25) is 4.79 Å². The van der Waals surface area contributed by atoms with E-state index in [4.69, 9.17) is 15.4 Å². The van der Waals surface area contributed by atoms with Gasteiger partial charge in [-0.2, -0.15) is 0 Å². The van der Waals surface area contributed by atoms with Gasteiger partial charge in [0.2, 0.25) is 5.91 Å². The average molecular weight is 308 g/mol. The van der Waals surface area contributed by atoms with E-state index in [0.29, 0.717) is 11.3 Å². The summed E-state index contributed by atoms with van der Waals surface area (Å²) >= 11 is 0. The highest BCUT2D eigenvalue weighted by molar-refractivity contribution is 8.13. The number of hydrogen-bond acceptors (Lipinski definition) is 5. The highest BCUT2D eigenvalue weighted by Gasteiger charge is 2.14. The van der Waals surface area contributed by atoms with Gasteiger partial charge in [-0.15, -0.1) is 0 Å². The van der Waals surface area contributed by atoms with Crippen LogP contribution >= 0.6 is 10.7 Å². The van der Waals surface area contributed by atoms with E-state index in [0.717, 1.165) is 0 Å². The molecule has 0 bridgehead atoms. The third kappa shape index (κ3) is 4.70. The molecule has 8 heteroatoms. The SMILES string of the molecule is COCC(=O)NCc1cc(S(=O)(=O)Cl)ccc1OC. The molecule has 0 heterocycles. The monoisotopic (exact) mass is 307 g/mol. The van der Waals surface area contributed by atoms with Gasteiger partial charge < -0.3 is 14.8 Å². The van der Waals surface area contributed by atoms with E-state index < -0.39 is 9.05 Å². The minimum Gasteiger partial charge on any atom is -0.496 e. The average Bonchev–Trinajstić information content (AvgIpc) is 2.35. The third-order valence-corrected chi connectivity index (χ3v) is 3.64. The van der Waals surface area contributed by atoms with Crippen LogP contribution in [0, 0.1) is 0 Å². The second-order valence-electron chi connectivity index (χ2n) is 3.62. The van der Waals surface area contributed by atoms with Gasteiger partial charge in [0.05, 0.1) is 12.0 Å². The number of hydrogen-bond donors (Lipinski definition) is 1. The Morgan fingerprint density at radius 1 is 1.37 bits per heavy atom. The van der Waals surface area contributed by atoms with Crippen molar-refractivity contribution in [2.75, 3.05) is 20.8 Å². The number of ether oxygens (including phenoxy) is 2. The normalized spacial score (nSPS) is 11.1. The van der Waals surface area contributed by atoms with Gasteiger partial charge in [-0.05, 0) is 18.2 Å². The number of carbonyl (C=O) groups excluding carboxylic acids is 1. The molecule has 106 valence electrons. The second kappa shape index (κ2) is 6.74. The zero-order valence-corrected chi connectivity index (χ0v) is 12.0. The first-order valence-electron chi connectivity index (χ1n) is 5.25. The van der Waals surface area contributed by atoms with Crippen molar-refractivity contribution in [2.24, 2.45) is 0 Å². The molecule has 0 atom stereocenters. The van der Waals surface area contributed by atoms with Crippen LogP contribution in [0.15, 0.2) is 23.1 Å². The number of rotatable bonds is 6. The number of halogens is 1. The van der Waals surface area contributed by atoms with Crippen LogP contribution in [-0.2, 0) is 25.1 Å². The Morgan fingerprint density at radius 2 is 2.05 bits per heavy atom. The van der Waals surface area contributed by atoms with Crippen LogP contribution < -0.4 is 10.1 Å². The van der Waals surface area contributed by atoms with Crippen LogP contribution in [0.2, 0.25) is 0 Å². The Labute approximate surface area is 116 Å². The van der Waals surface area contributed by atoms with Crippen LogP contribution in [0.5, 0.6) is 5.75 Å². The zero-order chi connectivity index (χ0) is 14.5. The van der Waals surface area contributed by atoms with Gasteiger partial charge in [0.1, 0.15) is 12.4 Å². The van der Waals surface area contributed by atoms with Crippen LogP contribution in [0.3, 0.4) is 0 Å². The molecule has 6 nitrogen and oxygen atoms in total. The molecule has 1 aromatic carbocycles. The van der Waals surface area contributed by atoms with Gasteiger partial charge >= 0.3 is 0 Å². The Balaban J connectivity index is 2.94. The molecular weight excluding hydrogens is 294 g/mol. The Bertz CT molecular complexity index is 558. The van der Waals surface area contributed by atoms with Crippen LogP contribution in [0.25, 0.3) is 0 Å². The summed E-state index contributed by atoms with van der Waals surface area (Å²) in [7, 11) is 4.30.